The number of aryl methyl sites for hydroxylation is 1. The topological polar surface area (TPSA) is 40.6 Å². The lowest BCUT2D eigenvalue weighted by Crippen LogP contribution is -2.50. The van der Waals surface area contributed by atoms with Crippen LogP contribution in [0.1, 0.15) is 40.2 Å². The van der Waals surface area contributed by atoms with Crippen molar-refractivity contribution >= 4 is 52.2 Å². The minimum Gasteiger partial charge on any atom is -0.309 e. The SMILES string of the molecule is Cc1ccccc1CN1C(=O)[C@]2(SC(C)(C)CN2C(=O)c2cccs2)c2cc(Cl)ccc21. The number of hydrogen-bond acceptors (Lipinski definition) is 4. The monoisotopic (exact) mass is 482 g/mol. The summed E-state index contributed by atoms with van der Waals surface area (Å²) in [7, 11) is 0. The third-order valence-corrected chi connectivity index (χ3v) is 8.74. The van der Waals surface area contributed by atoms with E-state index in [9.17, 15) is 9.59 Å². The van der Waals surface area contributed by atoms with Gasteiger partial charge in [-0.2, -0.15) is 0 Å². The van der Waals surface area contributed by atoms with Crippen molar-refractivity contribution in [3.8, 4) is 0 Å². The molecule has 5 rings (SSSR count). The maximum atomic E-state index is 14.3. The molecule has 0 unspecified atom stereocenters. The molecule has 1 atom stereocenters. The highest BCUT2D eigenvalue weighted by atomic mass is 35.5. The lowest BCUT2D eigenvalue weighted by atomic mass is 10.0. The Morgan fingerprint density at radius 2 is 1.91 bits per heavy atom. The van der Waals surface area contributed by atoms with Crippen LogP contribution in [-0.2, 0) is 16.2 Å². The van der Waals surface area contributed by atoms with Crippen LogP contribution < -0.4 is 4.90 Å². The summed E-state index contributed by atoms with van der Waals surface area (Å²) in [6.45, 7) is 7.15. The van der Waals surface area contributed by atoms with Crippen molar-refractivity contribution in [2.24, 2.45) is 0 Å². The fraction of sp³-hybridized carbons (Fsp3) is 0.280. The summed E-state index contributed by atoms with van der Waals surface area (Å²) in [5.41, 5.74) is 3.82. The maximum absolute atomic E-state index is 14.3. The van der Waals surface area contributed by atoms with E-state index in [2.05, 4.69) is 26.8 Å². The van der Waals surface area contributed by atoms with Crippen LogP contribution in [0.5, 0.6) is 0 Å². The predicted molar refractivity (Wildman–Crippen MR) is 133 cm³/mol. The number of thiophene rings is 1. The van der Waals surface area contributed by atoms with Gasteiger partial charge in [-0.1, -0.05) is 41.9 Å². The Morgan fingerprint density at radius 1 is 1.12 bits per heavy atom. The summed E-state index contributed by atoms with van der Waals surface area (Å²) < 4.78 is -0.291. The van der Waals surface area contributed by atoms with E-state index in [1.165, 1.54) is 11.3 Å². The van der Waals surface area contributed by atoms with E-state index in [1.54, 1.807) is 16.7 Å². The molecule has 0 aliphatic carbocycles. The molecule has 3 aromatic rings. The number of rotatable bonds is 3. The molecule has 2 aromatic carbocycles. The van der Waals surface area contributed by atoms with Gasteiger partial charge in [0, 0.05) is 21.9 Å². The number of hydrogen-bond donors (Lipinski definition) is 0. The van der Waals surface area contributed by atoms with Gasteiger partial charge in [-0.15, -0.1) is 23.1 Å². The molecule has 1 fully saturated rings. The largest absolute Gasteiger partial charge is 0.309 e. The van der Waals surface area contributed by atoms with Crippen LogP contribution >= 0.6 is 34.7 Å². The number of anilines is 1. The van der Waals surface area contributed by atoms with Crippen molar-refractivity contribution in [1.82, 2.24) is 4.90 Å². The molecular formula is C25H23ClN2O2S2. The molecule has 2 aliphatic heterocycles. The van der Waals surface area contributed by atoms with Gasteiger partial charge in [-0.05, 0) is 61.5 Å². The second kappa shape index (κ2) is 7.65. The molecule has 1 aromatic heterocycles. The molecule has 2 amide bonds. The van der Waals surface area contributed by atoms with E-state index < -0.39 is 4.87 Å². The number of carbonyl (C=O) groups is 2. The van der Waals surface area contributed by atoms with Crippen molar-refractivity contribution in [2.75, 3.05) is 11.4 Å². The minimum atomic E-state index is -1.13. The van der Waals surface area contributed by atoms with Crippen LogP contribution in [0.25, 0.3) is 0 Å². The Bertz CT molecular complexity index is 1220. The second-order valence-corrected chi connectivity index (χ2v) is 12.1. The molecule has 1 spiro atoms. The number of halogens is 1. The van der Waals surface area contributed by atoms with E-state index in [4.69, 9.17) is 11.6 Å². The number of fused-ring (bicyclic) bond motifs is 2. The van der Waals surface area contributed by atoms with E-state index in [0.717, 1.165) is 22.4 Å². The minimum absolute atomic E-state index is 0.0847. The highest BCUT2D eigenvalue weighted by Crippen LogP contribution is 2.60. The van der Waals surface area contributed by atoms with E-state index in [1.807, 2.05) is 58.8 Å². The Morgan fingerprint density at radius 3 is 2.62 bits per heavy atom. The third kappa shape index (κ3) is 3.28. The molecule has 164 valence electrons. The van der Waals surface area contributed by atoms with Crippen LogP contribution in [0.15, 0.2) is 60.0 Å². The zero-order valence-corrected chi connectivity index (χ0v) is 20.5. The molecule has 0 N–H and O–H groups in total. The number of carbonyl (C=O) groups excluding carboxylic acids is 2. The molecule has 32 heavy (non-hydrogen) atoms. The van der Waals surface area contributed by atoms with Gasteiger partial charge in [0.15, 0.2) is 4.87 Å². The lowest BCUT2D eigenvalue weighted by Gasteiger charge is -2.33. The van der Waals surface area contributed by atoms with Gasteiger partial charge in [0.2, 0.25) is 0 Å². The van der Waals surface area contributed by atoms with Crippen molar-refractivity contribution in [3.05, 3.63) is 86.6 Å². The average Bonchev–Trinajstić information content (AvgIpc) is 3.43. The third-order valence-electron chi connectivity index (χ3n) is 6.06. The molecule has 3 heterocycles. The normalized spacial score (nSPS) is 21.4. The van der Waals surface area contributed by atoms with E-state index in [-0.39, 0.29) is 16.6 Å². The first-order valence-corrected chi connectivity index (χ1v) is 12.5. The first-order chi connectivity index (χ1) is 15.2. The fourth-order valence-electron chi connectivity index (χ4n) is 4.62. The van der Waals surface area contributed by atoms with Crippen molar-refractivity contribution < 1.29 is 9.59 Å². The number of amides is 2. The zero-order valence-electron chi connectivity index (χ0n) is 18.1. The predicted octanol–water partition coefficient (Wildman–Crippen LogP) is 6.08. The van der Waals surface area contributed by atoms with E-state index in [0.29, 0.717) is 23.0 Å². The quantitative estimate of drug-likeness (QED) is 0.454. The zero-order chi connectivity index (χ0) is 22.7. The summed E-state index contributed by atoms with van der Waals surface area (Å²) in [5, 5.41) is 2.45. The molecule has 4 nitrogen and oxygen atoms in total. The van der Waals surface area contributed by atoms with Gasteiger partial charge in [-0.25, -0.2) is 0 Å². The second-order valence-electron chi connectivity index (χ2n) is 8.85. The molecule has 0 saturated carbocycles. The van der Waals surface area contributed by atoms with E-state index >= 15 is 0 Å². The summed E-state index contributed by atoms with van der Waals surface area (Å²) >= 11 is 9.37. The Balaban J connectivity index is 1.67. The standard InChI is InChI=1S/C25H23ClN2O2S2/c1-16-7-4-5-8-17(16)14-27-20-11-10-18(26)13-19(20)25(23(27)30)28(15-24(2,3)32-25)22(29)21-9-6-12-31-21/h4-13H,14-15H2,1-3H3/t25-/m1/s1. The lowest BCUT2D eigenvalue weighted by molar-refractivity contribution is -0.123. The van der Waals surface area contributed by atoms with Gasteiger partial charge in [0.05, 0.1) is 17.1 Å². The highest BCUT2D eigenvalue weighted by molar-refractivity contribution is 8.02. The Kier molecular flexibility index (Phi) is 5.15. The van der Waals surface area contributed by atoms with Gasteiger partial charge in [-0.3, -0.25) is 9.59 Å². The van der Waals surface area contributed by atoms with Gasteiger partial charge >= 0.3 is 0 Å². The first kappa shape index (κ1) is 21.6. The summed E-state index contributed by atoms with van der Waals surface area (Å²) in [5.74, 6) is -0.200. The number of thioether (sulfide) groups is 1. The van der Waals surface area contributed by atoms with Crippen LogP contribution in [0, 0.1) is 6.92 Å². The smallest absolute Gasteiger partial charge is 0.268 e. The first-order valence-electron chi connectivity index (χ1n) is 10.5. The van der Waals surface area contributed by atoms with Gasteiger partial charge < -0.3 is 9.80 Å². The molecule has 2 aliphatic rings. The van der Waals surface area contributed by atoms with Crippen LogP contribution in [0.4, 0.5) is 5.69 Å². The van der Waals surface area contributed by atoms with Gasteiger partial charge in [0.1, 0.15) is 0 Å². The fourth-order valence-corrected chi connectivity index (χ4v) is 7.19. The van der Waals surface area contributed by atoms with Crippen molar-refractivity contribution in [3.63, 3.8) is 0 Å². The summed E-state index contributed by atoms with van der Waals surface area (Å²) in [6.07, 6.45) is 0. The van der Waals surface area contributed by atoms with Crippen molar-refractivity contribution in [1.29, 1.82) is 0 Å². The highest BCUT2D eigenvalue weighted by Gasteiger charge is 2.63. The average molecular weight is 483 g/mol. The number of nitrogens with zero attached hydrogens (tertiary/aromatic N) is 2. The molecular weight excluding hydrogens is 460 g/mol. The molecule has 0 radical (unpaired) electrons. The molecule has 0 bridgehead atoms. The Hall–Kier alpha value is -2.28. The molecule has 7 heteroatoms. The summed E-state index contributed by atoms with van der Waals surface area (Å²) in [4.78, 5) is 31.0. The van der Waals surface area contributed by atoms with Crippen LogP contribution in [-0.4, -0.2) is 28.0 Å². The van der Waals surface area contributed by atoms with Crippen LogP contribution in [0.3, 0.4) is 0 Å². The number of benzene rings is 2. The molecule has 1 saturated heterocycles. The summed E-state index contributed by atoms with van der Waals surface area (Å²) in [6, 6.07) is 17.3. The maximum Gasteiger partial charge on any atom is 0.268 e. The Labute approximate surface area is 201 Å². The van der Waals surface area contributed by atoms with Gasteiger partial charge in [0.25, 0.3) is 11.8 Å². The van der Waals surface area contributed by atoms with Crippen LogP contribution in [0.2, 0.25) is 5.02 Å². The van der Waals surface area contributed by atoms with Crippen molar-refractivity contribution in [2.45, 2.75) is 36.9 Å².